The molecule has 9 nitrogen and oxygen atoms in total. The number of hydrogen-bond donors (Lipinski definition) is 2. The predicted octanol–water partition coefficient (Wildman–Crippen LogP) is 2.02. The molecule has 1 fully saturated rings. The van der Waals surface area contributed by atoms with Gasteiger partial charge >= 0.3 is 11.9 Å². The molecule has 0 aromatic carbocycles. The van der Waals surface area contributed by atoms with Crippen molar-refractivity contribution in [1.29, 1.82) is 0 Å². The summed E-state index contributed by atoms with van der Waals surface area (Å²) < 4.78 is 5.32. The van der Waals surface area contributed by atoms with Crippen LogP contribution in [0.2, 0.25) is 0 Å². The molecule has 2 atom stereocenters. The number of carboxylic acids is 1. The normalized spacial score (nSPS) is 21.8. The average molecular weight is 513 g/mol. The molecule has 33 heavy (non-hydrogen) atoms. The highest BCUT2D eigenvalue weighted by Crippen LogP contribution is 2.47. The van der Waals surface area contributed by atoms with Gasteiger partial charge in [-0.2, -0.15) is 0 Å². The third kappa shape index (κ3) is 5.12. The van der Waals surface area contributed by atoms with Gasteiger partial charge in [0.05, 0.1) is 13.0 Å². The van der Waals surface area contributed by atoms with Gasteiger partial charge < -0.3 is 15.2 Å². The van der Waals surface area contributed by atoms with E-state index in [-0.39, 0.29) is 35.3 Å². The van der Waals surface area contributed by atoms with Gasteiger partial charge in [-0.1, -0.05) is 31.2 Å². The fraction of sp³-hybridized carbons (Fsp3) is 0.476. The molecule has 0 saturated carbocycles. The van der Waals surface area contributed by atoms with Crippen molar-refractivity contribution < 1.29 is 33.8 Å². The van der Waals surface area contributed by atoms with Gasteiger partial charge in [0, 0.05) is 23.3 Å². The first-order valence-electron chi connectivity index (χ1n) is 10.3. The van der Waals surface area contributed by atoms with Gasteiger partial charge in [0.15, 0.2) is 5.12 Å². The number of fused-ring (bicyclic) bond motifs is 1. The van der Waals surface area contributed by atoms with Gasteiger partial charge in [-0.3, -0.25) is 19.3 Å². The van der Waals surface area contributed by atoms with E-state index < -0.39 is 34.7 Å². The molecule has 12 heteroatoms. The lowest BCUT2D eigenvalue weighted by atomic mass is 9.85. The molecule has 178 valence electrons. The van der Waals surface area contributed by atoms with Crippen LogP contribution in [0.1, 0.15) is 31.6 Å². The van der Waals surface area contributed by atoms with Crippen LogP contribution in [-0.2, 0) is 35.1 Å². The number of rotatable bonds is 10. The summed E-state index contributed by atoms with van der Waals surface area (Å²) >= 11 is 3.49. The number of β-lactam (4-membered cyclic amide) rings is 1. The quantitative estimate of drug-likeness (QED) is 0.209. The Bertz CT molecular complexity index is 992. The number of esters is 1. The largest absolute Gasteiger partial charge is 0.477 e. The Hall–Kier alpha value is -2.31. The van der Waals surface area contributed by atoms with Crippen molar-refractivity contribution in [2.45, 2.75) is 44.0 Å². The van der Waals surface area contributed by atoms with E-state index in [1.54, 1.807) is 12.1 Å². The van der Waals surface area contributed by atoms with Crippen molar-refractivity contribution in [1.82, 2.24) is 10.2 Å². The summed E-state index contributed by atoms with van der Waals surface area (Å²) in [4.78, 5) is 64.4. The van der Waals surface area contributed by atoms with E-state index in [4.69, 9.17) is 4.74 Å². The lowest BCUT2D eigenvalue weighted by Crippen LogP contribution is -2.83. The first kappa shape index (κ1) is 25.3. The fourth-order valence-electron chi connectivity index (χ4n) is 3.53. The van der Waals surface area contributed by atoms with Crippen LogP contribution in [0, 0.1) is 0 Å². The minimum atomic E-state index is -1.99. The van der Waals surface area contributed by atoms with Crippen LogP contribution < -0.4 is 5.32 Å². The first-order valence-corrected chi connectivity index (χ1v) is 13.2. The number of hydrogen-bond acceptors (Lipinski definition) is 9. The molecule has 3 heterocycles. The maximum atomic E-state index is 13.4. The molecule has 0 bridgehead atoms. The zero-order valence-corrected chi connectivity index (χ0v) is 20.6. The van der Waals surface area contributed by atoms with E-state index >= 15 is 0 Å². The molecular weight excluding hydrogens is 488 g/mol. The highest BCUT2D eigenvalue weighted by molar-refractivity contribution is 8.13. The summed E-state index contributed by atoms with van der Waals surface area (Å²) in [5, 5.41) is 13.0. The van der Waals surface area contributed by atoms with Gasteiger partial charge in [-0.25, -0.2) is 9.59 Å². The zero-order chi connectivity index (χ0) is 24.2. The Balaban J connectivity index is 1.90. The summed E-state index contributed by atoms with van der Waals surface area (Å²) in [6, 6.07) is 3.56. The number of thioether (sulfide) groups is 2. The minimum absolute atomic E-state index is 0.0194. The van der Waals surface area contributed by atoms with Gasteiger partial charge in [-0.15, -0.1) is 23.1 Å². The molecule has 2 aliphatic rings. The Labute approximate surface area is 203 Å². The minimum Gasteiger partial charge on any atom is -0.477 e. The zero-order valence-electron chi connectivity index (χ0n) is 18.1. The Morgan fingerprint density at radius 3 is 2.73 bits per heavy atom. The fourth-order valence-corrected chi connectivity index (χ4v) is 6.44. The number of carboxylic acid groups (broad SMARTS) is 1. The number of nitrogens with zero attached hydrogens (tertiary/aromatic N) is 1. The number of aliphatic carboxylic acids is 1. The molecule has 0 aliphatic carbocycles. The molecule has 2 amide bonds. The summed E-state index contributed by atoms with van der Waals surface area (Å²) in [5.74, 6) is -3.27. The van der Waals surface area contributed by atoms with Crippen LogP contribution in [0.5, 0.6) is 0 Å². The lowest BCUT2D eigenvalue weighted by Gasteiger charge is -2.55. The van der Waals surface area contributed by atoms with Crippen LogP contribution in [0.3, 0.4) is 0 Å². The molecular formula is C21H24N2O7S3. The number of unbranched alkanes of at least 4 members (excludes halogenated alkanes) is 1. The Morgan fingerprint density at radius 1 is 1.36 bits per heavy atom. The monoisotopic (exact) mass is 512 g/mol. The second kappa shape index (κ2) is 10.7. The van der Waals surface area contributed by atoms with Crippen LogP contribution in [-0.4, -0.2) is 67.9 Å². The third-order valence-corrected chi connectivity index (χ3v) is 8.28. The van der Waals surface area contributed by atoms with E-state index in [0.717, 1.165) is 28.0 Å². The maximum absolute atomic E-state index is 13.4. The number of nitrogens with one attached hydrogen (secondary N) is 1. The number of amides is 2. The summed E-state index contributed by atoms with van der Waals surface area (Å²) in [5.41, 5.74) is -1.83. The number of carbonyl (C=O) groups excluding carboxylic acids is 4. The topological polar surface area (TPSA) is 130 Å². The maximum Gasteiger partial charge on any atom is 0.352 e. The lowest BCUT2D eigenvalue weighted by molar-refractivity contribution is -0.176. The van der Waals surface area contributed by atoms with Crippen LogP contribution >= 0.6 is 34.9 Å². The number of thiophene rings is 1. The van der Waals surface area contributed by atoms with E-state index in [2.05, 4.69) is 5.32 Å². The molecule has 0 radical (unpaired) electrons. The standard InChI is InChI=1S/C21H24N2O7S3/c1-3-4-7-30-20(29)21(22-15(25)9-14-6-5-8-31-14)18(28)23-16(17(26)27)13(10-32-12(2)24)11-33-19(21)23/h5-6,8,19H,3-4,7,9-11H2,1-2H3,(H,22,25)(H,26,27)/t19-,21+/m1/s1. The van der Waals surface area contributed by atoms with Crippen molar-refractivity contribution in [3.63, 3.8) is 0 Å². The molecule has 3 rings (SSSR count). The molecule has 0 unspecified atom stereocenters. The van der Waals surface area contributed by atoms with Gasteiger partial charge in [-0.05, 0) is 23.4 Å². The molecule has 1 saturated heterocycles. The highest BCUT2D eigenvalue weighted by Gasteiger charge is 2.70. The van der Waals surface area contributed by atoms with Crippen molar-refractivity contribution in [2.24, 2.45) is 0 Å². The Morgan fingerprint density at radius 2 is 2.12 bits per heavy atom. The molecule has 0 spiro atoms. The van der Waals surface area contributed by atoms with Gasteiger partial charge in [0.1, 0.15) is 11.1 Å². The summed E-state index contributed by atoms with van der Waals surface area (Å²) in [6.45, 7) is 3.38. The van der Waals surface area contributed by atoms with Gasteiger partial charge in [0.25, 0.3) is 5.91 Å². The molecule has 1 aromatic rings. The van der Waals surface area contributed by atoms with Gasteiger partial charge in [0.2, 0.25) is 11.4 Å². The first-order chi connectivity index (χ1) is 15.7. The van der Waals surface area contributed by atoms with E-state index in [1.165, 1.54) is 30.0 Å². The Kier molecular flexibility index (Phi) is 8.24. The molecule has 1 aromatic heterocycles. The summed E-state index contributed by atoms with van der Waals surface area (Å²) in [7, 11) is 0. The molecule has 2 N–H and O–H groups in total. The van der Waals surface area contributed by atoms with Crippen LogP contribution in [0.15, 0.2) is 28.8 Å². The highest BCUT2D eigenvalue weighted by atomic mass is 32.2. The SMILES string of the molecule is CCCCOC(=O)[C@]1(NC(=O)Cc2cccs2)C(=O)N2C(C(=O)O)=C(CSC(C)=O)CS[C@@H]21. The van der Waals surface area contributed by atoms with Crippen molar-refractivity contribution >= 4 is 63.7 Å². The second-order valence-electron chi connectivity index (χ2n) is 7.48. The van der Waals surface area contributed by atoms with Crippen molar-refractivity contribution in [3.05, 3.63) is 33.7 Å². The van der Waals surface area contributed by atoms with Crippen molar-refractivity contribution in [3.8, 4) is 0 Å². The second-order valence-corrected chi connectivity index (χ2v) is 10.7. The number of ether oxygens (including phenoxy) is 1. The average Bonchev–Trinajstić information content (AvgIpc) is 3.27. The van der Waals surface area contributed by atoms with Crippen LogP contribution in [0.25, 0.3) is 0 Å². The molecule has 2 aliphatic heterocycles. The van der Waals surface area contributed by atoms with Crippen molar-refractivity contribution in [2.75, 3.05) is 18.1 Å². The van der Waals surface area contributed by atoms with E-state index in [1.807, 2.05) is 12.3 Å². The number of carbonyl (C=O) groups is 5. The third-order valence-electron chi connectivity index (χ3n) is 5.11. The van der Waals surface area contributed by atoms with Crippen LogP contribution in [0.4, 0.5) is 0 Å². The van der Waals surface area contributed by atoms with E-state index in [0.29, 0.717) is 12.0 Å². The smallest absolute Gasteiger partial charge is 0.352 e. The predicted molar refractivity (Wildman–Crippen MR) is 126 cm³/mol. The van der Waals surface area contributed by atoms with E-state index in [9.17, 15) is 29.1 Å². The summed E-state index contributed by atoms with van der Waals surface area (Å²) in [6.07, 6.45) is 1.34.